The number of hydrogen-bond donors (Lipinski definition) is 1. The van der Waals surface area contributed by atoms with E-state index in [1.54, 1.807) is 48.5 Å². The molecule has 0 aromatic heterocycles. The zero-order chi connectivity index (χ0) is 25.0. The second-order valence-corrected chi connectivity index (χ2v) is 10.9. The first kappa shape index (κ1) is 24.8. The highest BCUT2D eigenvalue weighted by Crippen LogP contribution is 2.32. The predicted molar refractivity (Wildman–Crippen MR) is 138 cm³/mol. The van der Waals surface area contributed by atoms with Gasteiger partial charge in [0.2, 0.25) is 5.91 Å². The molecule has 1 atom stereocenters. The van der Waals surface area contributed by atoms with E-state index >= 15 is 0 Å². The van der Waals surface area contributed by atoms with Crippen molar-refractivity contribution in [2.45, 2.75) is 50.5 Å². The third-order valence-corrected chi connectivity index (χ3v) is 8.27. The van der Waals surface area contributed by atoms with Crippen LogP contribution in [-0.4, -0.2) is 28.0 Å². The monoisotopic (exact) mass is 492 g/mol. The molecule has 0 saturated heterocycles. The van der Waals surface area contributed by atoms with Crippen LogP contribution in [0.5, 0.6) is 5.75 Å². The van der Waals surface area contributed by atoms with E-state index in [4.69, 9.17) is 4.74 Å². The number of sulfonamides is 1. The maximum Gasteiger partial charge on any atom is 0.264 e. The van der Waals surface area contributed by atoms with E-state index in [2.05, 4.69) is 23.5 Å². The number of methoxy groups -OCH3 is 1. The summed E-state index contributed by atoms with van der Waals surface area (Å²) in [6.07, 6.45) is 4.55. The number of para-hydroxylation sites is 2. The Morgan fingerprint density at radius 3 is 2.40 bits per heavy atom. The molecule has 0 aliphatic heterocycles. The van der Waals surface area contributed by atoms with Crippen LogP contribution >= 0.6 is 0 Å². The van der Waals surface area contributed by atoms with Crippen molar-refractivity contribution in [3.8, 4) is 5.75 Å². The Balaban J connectivity index is 1.60. The smallest absolute Gasteiger partial charge is 0.264 e. The van der Waals surface area contributed by atoms with E-state index in [0.717, 1.165) is 28.3 Å². The fraction of sp³-hybridized carbons (Fsp3) is 0.321. The minimum absolute atomic E-state index is 0.115. The lowest BCUT2D eigenvalue weighted by atomic mass is 9.89. The number of carbonyl (C=O) groups excluding carboxylic acids is 1. The summed E-state index contributed by atoms with van der Waals surface area (Å²) in [5, 5.41) is 2.99. The number of carbonyl (C=O) groups is 1. The van der Waals surface area contributed by atoms with Gasteiger partial charge in [0, 0.05) is 0 Å². The van der Waals surface area contributed by atoms with Crippen LogP contribution in [0.2, 0.25) is 0 Å². The number of hydrogen-bond acceptors (Lipinski definition) is 4. The van der Waals surface area contributed by atoms with Crippen LogP contribution in [0.25, 0.3) is 0 Å². The number of anilines is 1. The molecule has 7 heteroatoms. The van der Waals surface area contributed by atoms with E-state index in [9.17, 15) is 13.2 Å². The molecule has 3 aromatic rings. The third-order valence-electron chi connectivity index (χ3n) is 6.50. The number of fused-ring (bicyclic) bond motifs is 1. The van der Waals surface area contributed by atoms with Crippen LogP contribution in [0, 0.1) is 6.92 Å². The van der Waals surface area contributed by atoms with Crippen molar-refractivity contribution in [3.05, 3.63) is 89.0 Å². The number of rotatable bonds is 8. The number of ether oxygens (including phenoxy) is 1. The van der Waals surface area contributed by atoms with Gasteiger partial charge in [0.25, 0.3) is 10.0 Å². The molecule has 1 amide bonds. The Morgan fingerprint density at radius 1 is 1.00 bits per heavy atom. The first-order valence-electron chi connectivity index (χ1n) is 11.9. The van der Waals surface area contributed by atoms with E-state index in [1.165, 1.54) is 31.1 Å². The Morgan fingerprint density at radius 2 is 1.69 bits per heavy atom. The molecule has 1 N–H and O–H groups in total. The molecule has 4 rings (SSSR count). The molecule has 1 aliphatic carbocycles. The largest absolute Gasteiger partial charge is 0.495 e. The lowest BCUT2D eigenvalue weighted by Crippen LogP contribution is -2.41. The fourth-order valence-corrected chi connectivity index (χ4v) is 5.93. The van der Waals surface area contributed by atoms with Crippen molar-refractivity contribution in [2.75, 3.05) is 18.0 Å². The highest BCUT2D eigenvalue weighted by Gasteiger charge is 2.29. The molecule has 6 nitrogen and oxygen atoms in total. The summed E-state index contributed by atoms with van der Waals surface area (Å²) in [6, 6.07) is 19.5. The highest BCUT2D eigenvalue weighted by molar-refractivity contribution is 7.92. The number of nitrogens with one attached hydrogen (secondary N) is 1. The molecule has 35 heavy (non-hydrogen) atoms. The second-order valence-electron chi connectivity index (χ2n) is 9.02. The number of aryl methyl sites for hydroxylation is 3. The van der Waals surface area contributed by atoms with Gasteiger partial charge in [0.15, 0.2) is 0 Å². The average molecular weight is 493 g/mol. The van der Waals surface area contributed by atoms with Crippen molar-refractivity contribution in [2.24, 2.45) is 0 Å². The molecular weight excluding hydrogens is 460 g/mol. The van der Waals surface area contributed by atoms with E-state index < -0.39 is 15.9 Å². The Kier molecular flexibility index (Phi) is 7.45. The van der Waals surface area contributed by atoms with Gasteiger partial charge >= 0.3 is 0 Å². The summed E-state index contributed by atoms with van der Waals surface area (Å²) < 4.78 is 33.8. The molecule has 0 radical (unpaired) electrons. The standard InChI is InChI=1S/C28H32N2O4S/c1-20-12-16-25(17-13-20)35(32,33)30(26-10-6-7-11-27(26)34-3)19-28(31)29-21(2)23-15-14-22-8-4-5-9-24(22)18-23/h6-7,10-18,21H,4-5,8-9,19H2,1-3H3,(H,29,31)/t21-/m0/s1. The molecule has 184 valence electrons. The van der Waals surface area contributed by atoms with E-state index in [-0.39, 0.29) is 17.5 Å². The van der Waals surface area contributed by atoms with Crippen LogP contribution in [0.4, 0.5) is 5.69 Å². The second kappa shape index (κ2) is 10.5. The number of amides is 1. The van der Waals surface area contributed by atoms with Gasteiger partial charge in [0.1, 0.15) is 12.3 Å². The maximum absolute atomic E-state index is 13.7. The normalized spacial score (nSPS) is 14.0. The van der Waals surface area contributed by atoms with Crippen LogP contribution < -0.4 is 14.4 Å². The Bertz CT molecular complexity index is 1300. The minimum atomic E-state index is -4.02. The molecule has 0 bridgehead atoms. The van der Waals surface area contributed by atoms with Gasteiger partial charge in [-0.25, -0.2) is 8.42 Å². The molecule has 0 spiro atoms. The van der Waals surface area contributed by atoms with Crippen molar-refractivity contribution >= 4 is 21.6 Å². The van der Waals surface area contributed by atoms with Crippen molar-refractivity contribution in [1.82, 2.24) is 5.32 Å². The molecule has 3 aromatic carbocycles. The third kappa shape index (κ3) is 5.51. The molecule has 0 heterocycles. The van der Waals surface area contributed by atoms with Crippen molar-refractivity contribution in [3.63, 3.8) is 0 Å². The van der Waals surface area contributed by atoms with E-state index in [1.807, 2.05) is 13.8 Å². The first-order valence-corrected chi connectivity index (χ1v) is 13.4. The summed E-state index contributed by atoms with van der Waals surface area (Å²) in [4.78, 5) is 13.3. The summed E-state index contributed by atoms with van der Waals surface area (Å²) in [6.45, 7) is 3.44. The lowest BCUT2D eigenvalue weighted by molar-refractivity contribution is -0.120. The van der Waals surface area contributed by atoms with Crippen molar-refractivity contribution < 1.29 is 17.9 Å². The topological polar surface area (TPSA) is 75.7 Å². The summed E-state index contributed by atoms with van der Waals surface area (Å²) in [7, 11) is -2.54. The predicted octanol–water partition coefficient (Wildman–Crippen LogP) is 4.96. The zero-order valence-corrected chi connectivity index (χ0v) is 21.3. The maximum atomic E-state index is 13.7. The number of benzene rings is 3. The SMILES string of the molecule is COc1ccccc1N(CC(=O)N[C@@H](C)c1ccc2c(c1)CCCC2)S(=O)(=O)c1ccc(C)cc1. The lowest BCUT2D eigenvalue weighted by Gasteiger charge is -2.26. The van der Waals surface area contributed by atoms with Gasteiger partial charge in [-0.05, 0) is 80.5 Å². The van der Waals surface area contributed by atoms with E-state index in [0.29, 0.717) is 11.4 Å². The van der Waals surface area contributed by atoms with Crippen molar-refractivity contribution in [1.29, 1.82) is 0 Å². The van der Waals surface area contributed by atoms with Gasteiger partial charge < -0.3 is 10.1 Å². The van der Waals surface area contributed by atoms with Gasteiger partial charge in [-0.15, -0.1) is 0 Å². The van der Waals surface area contributed by atoms with Gasteiger partial charge in [-0.3, -0.25) is 9.10 Å². The van der Waals surface area contributed by atoms with Gasteiger partial charge in [-0.2, -0.15) is 0 Å². The Hall–Kier alpha value is -3.32. The van der Waals surface area contributed by atoms with Crippen LogP contribution in [0.1, 0.15) is 48.1 Å². The first-order chi connectivity index (χ1) is 16.8. The quantitative estimate of drug-likeness (QED) is 0.483. The zero-order valence-electron chi connectivity index (χ0n) is 20.5. The molecular formula is C28H32N2O4S. The molecule has 0 unspecified atom stereocenters. The van der Waals surface area contributed by atoms with Crippen LogP contribution in [0.15, 0.2) is 71.6 Å². The Labute approximate surface area is 208 Å². The fourth-order valence-electron chi connectivity index (χ4n) is 4.50. The average Bonchev–Trinajstić information content (AvgIpc) is 2.87. The van der Waals surface area contributed by atoms with Gasteiger partial charge in [-0.1, -0.05) is 48.0 Å². The highest BCUT2D eigenvalue weighted by atomic mass is 32.2. The van der Waals surface area contributed by atoms with Gasteiger partial charge in [0.05, 0.1) is 23.7 Å². The summed E-state index contributed by atoms with van der Waals surface area (Å²) in [5.41, 5.74) is 5.00. The number of nitrogens with zero attached hydrogens (tertiary/aromatic N) is 1. The molecule has 1 aliphatic rings. The minimum Gasteiger partial charge on any atom is -0.495 e. The van der Waals surface area contributed by atoms with Crippen LogP contribution in [0.3, 0.4) is 0 Å². The van der Waals surface area contributed by atoms with Crippen LogP contribution in [-0.2, 0) is 27.7 Å². The summed E-state index contributed by atoms with van der Waals surface area (Å²) >= 11 is 0. The summed E-state index contributed by atoms with van der Waals surface area (Å²) in [5.74, 6) is -0.0180. The molecule has 0 fully saturated rings. The molecule has 0 saturated carbocycles.